The van der Waals surface area contributed by atoms with Crippen molar-refractivity contribution in [2.75, 3.05) is 12.0 Å². The van der Waals surface area contributed by atoms with Gasteiger partial charge in [-0.25, -0.2) is 10.8 Å². The highest BCUT2D eigenvalue weighted by molar-refractivity contribution is 5.94. The summed E-state index contributed by atoms with van der Waals surface area (Å²) in [6, 6.07) is 3.44. The molecule has 0 saturated heterocycles. The first-order valence-electron chi connectivity index (χ1n) is 6.92. The topological polar surface area (TPSA) is 80.0 Å². The Morgan fingerprint density at radius 2 is 2.11 bits per heavy atom. The molecule has 0 spiro atoms. The van der Waals surface area contributed by atoms with Crippen molar-refractivity contribution in [2.45, 2.75) is 39.0 Å². The van der Waals surface area contributed by atoms with Gasteiger partial charge in [-0.3, -0.25) is 4.79 Å². The zero-order valence-corrected chi connectivity index (χ0v) is 11.4. The van der Waals surface area contributed by atoms with Gasteiger partial charge in [0.05, 0.1) is 0 Å². The van der Waals surface area contributed by atoms with Crippen LogP contribution in [0, 0.1) is 12.8 Å². The van der Waals surface area contributed by atoms with Crippen LogP contribution in [0.15, 0.2) is 12.1 Å². The monoisotopic (exact) mass is 262 g/mol. The van der Waals surface area contributed by atoms with E-state index in [4.69, 9.17) is 5.84 Å². The SMILES string of the molecule is Cc1cc(C(=O)NCC2CCCCC2)cc(NN)n1. The van der Waals surface area contributed by atoms with Gasteiger partial charge in [0.25, 0.3) is 5.91 Å². The van der Waals surface area contributed by atoms with Gasteiger partial charge < -0.3 is 10.7 Å². The van der Waals surface area contributed by atoms with Crippen molar-refractivity contribution >= 4 is 11.7 Å². The van der Waals surface area contributed by atoms with E-state index in [-0.39, 0.29) is 5.91 Å². The summed E-state index contributed by atoms with van der Waals surface area (Å²) in [6.45, 7) is 2.62. The fraction of sp³-hybridized carbons (Fsp3) is 0.571. The molecule has 0 aromatic carbocycles. The van der Waals surface area contributed by atoms with Crippen molar-refractivity contribution in [3.8, 4) is 0 Å². The lowest BCUT2D eigenvalue weighted by Gasteiger charge is -2.21. The van der Waals surface area contributed by atoms with Gasteiger partial charge >= 0.3 is 0 Å². The van der Waals surface area contributed by atoms with Gasteiger partial charge in [0, 0.05) is 17.8 Å². The van der Waals surface area contributed by atoms with Crippen LogP contribution in [0.3, 0.4) is 0 Å². The maximum atomic E-state index is 12.1. The number of aromatic nitrogens is 1. The number of nitrogens with zero attached hydrogens (tertiary/aromatic N) is 1. The number of nitrogens with two attached hydrogens (primary N) is 1. The minimum Gasteiger partial charge on any atom is -0.352 e. The van der Waals surface area contributed by atoms with Crippen molar-refractivity contribution < 1.29 is 4.79 Å². The second-order valence-corrected chi connectivity index (χ2v) is 5.24. The number of hydrogen-bond acceptors (Lipinski definition) is 4. The van der Waals surface area contributed by atoms with Crippen LogP contribution in [0.1, 0.15) is 48.2 Å². The molecular formula is C14H22N4O. The number of hydrogen-bond donors (Lipinski definition) is 3. The summed E-state index contributed by atoms with van der Waals surface area (Å²) < 4.78 is 0. The highest BCUT2D eigenvalue weighted by atomic mass is 16.1. The Morgan fingerprint density at radius 3 is 2.79 bits per heavy atom. The Kier molecular flexibility index (Phi) is 4.74. The smallest absolute Gasteiger partial charge is 0.251 e. The van der Waals surface area contributed by atoms with E-state index in [0.717, 1.165) is 12.2 Å². The minimum absolute atomic E-state index is 0.0485. The number of hydrazine groups is 1. The third-order valence-electron chi connectivity index (χ3n) is 3.64. The van der Waals surface area contributed by atoms with Gasteiger partial charge in [0.15, 0.2) is 0 Å². The molecule has 5 heteroatoms. The molecule has 0 bridgehead atoms. The molecule has 4 N–H and O–H groups in total. The lowest BCUT2D eigenvalue weighted by Crippen LogP contribution is -2.30. The van der Waals surface area contributed by atoms with Crippen LogP contribution in [0.2, 0.25) is 0 Å². The molecule has 19 heavy (non-hydrogen) atoms. The molecule has 1 aromatic heterocycles. The van der Waals surface area contributed by atoms with E-state index < -0.39 is 0 Å². The summed E-state index contributed by atoms with van der Waals surface area (Å²) >= 11 is 0. The zero-order chi connectivity index (χ0) is 13.7. The predicted octanol–water partition coefficient (Wildman–Crippen LogP) is 1.99. The van der Waals surface area contributed by atoms with E-state index in [2.05, 4.69) is 15.7 Å². The molecular weight excluding hydrogens is 240 g/mol. The average molecular weight is 262 g/mol. The van der Waals surface area contributed by atoms with Gasteiger partial charge in [-0.05, 0) is 37.8 Å². The maximum absolute atomic E-state index is 12.1. The summed E-state index contributed by atoms with van der Waals surface area (Å²) in [5.74, 6) is 6.43. The van der Waals surface area contributed by atoms with Crippen LogP contribution in [0.25, 0.3) is 0 Å². The fourth-order valence-electron chi connectivity index (χ4n) is 2.60. The highest BCUT2D eigenvalue weighted by Gasteiger charge is 2.15. The molecule has 5 nitrogen and oxygen atoms in total. The Morgan fingerprint density at radius 1 is 1.37 bits per heavy atom. The summed E-state index contributed by atoms with van der Waals surface area (Å²) in [5, 5.41) is 3.01. The van der Waals surface area contributed by atoms with Crippen molar-refractivity contribution in [3.05, 3.63) is 23.4 Å². The Balaban J connectivity index is 1.93. The van der Waals surface area contributed by atoms with Crippen molar-refractivity contribution in [1.82, 2.24) is 10.3 Å². The van der Waals surface area contributed by atoms with E-state index in [1.165, 1.54) is 32.1 Å². The first kappa shape index (κ1) is 13.8. The van der Waals surface area contributed by atoms with Crippen LogP contribution in [0.4, 0.5) is 5.82 Å². The third-order valence-corrected chi connectivity index (χ3v) is 3.64. The Bertz CT molecular complexity index is 441. The quantitative estimate of drug-likeness (QED) is 0.572. The first-order valence-corrected chi connectivity index (χ1v) is 6.92. The number of pyridine rings is 1. The molecule has 1 saturated carbocycles. The van der Waals surface area contributed by atoms with Gasteiger partial charge in [-0.15, -0.1) is 0 Å². The van der Waals surface area contributed by atoms with E-state index in [1.54, 1.807) is 12.1 Å². The summed E-state index contributed by atoms with van der Waals surface area (Å²) in [6.07, 6.45) is 6.36. The largest absolute Gasteiger partial charge is 0.352 e. The number of rotatable bonds is 4. The van der Waals surface area contributed by atoms with Gasteiger partial charge in [-0.2, -0.15) is 0 Å². The van der Waals surface area contributed by atoms with Crippen molar-refractivity contribution in [1.29, 1.82) is 0 Å². The molecule has 1 fully saturated rings. The standard InChI is InChI=1S/C14H22N4O/c1-10-7-12(8-13(17-10)18-15)14(19)16-9-11-5-3-2-4-6-11/h7-8,11H,2-6,9,15H2,1H3,(H,16,19)(H,17,18). The molecule has 1 aliphatic rings. The van der Waals surface area contributed by atoms with Crippen LogP contribution >= 0.6 is 0 Å². The Labute approximate surface area is 114 Å². The number of carbonyl (C=O) groups is 1. The van der Waals surface area contributed by atoms with Gasteiger partial charge in [0.2, 0.25) is 0 Å². The lowest BCUT2D eigenvalue weighted by molar-refractivity contribution is 0.0943. The second kappa shape index (κ2) is 6.52. The van der Waals surface area contributed by atoms with Crippen molar-refractivity contribution in [2.24, 2.45) is 11.8 Å². The summed E-state index contributed by atoms with van der Waals surface area (Å²) in [7, 11) is 0. The van der Waals surface area contributed by atoms with Crippen LogP contribution in [-0.4, -0.2) is 17.4 Å². The molecule has 0 unspecified atom stereocenters. The predicted molar refractivity (Wildman–Crippen MR) is 75.7 cm³/mol. The molecule has 1 aromatic rings. The normalized spacial score (nSPS) is 16.1. The van der Waals surface area contributed by atoms with E-state index in [9.17, 15) is 4.79 Å². The molecule has 1 heterocycles. The third kappa shape index (κ3) is 3.92. The molecule has 2 rings (SSSR count). The number of aryl methyl sites for hydroxylation is 1. The molecule has 0 aliphatic heterocycles. The average Bonchev–Trinajstić information content (AvgIpc) is 2.45. The van der Waals surface area contributed by atoms with Gasteiger partial charge in [0.1, 0.15) is 5.82 Å². The van der Waals surface area contributed by atoms with E-state index in [1.807, 2.05) is 6.92 Å². The molecule has 1 aliphatic carbocycles. The number of nitrogens with one attached hydrogen (secondary N) is 2. The zero-order valence-electron chi connectivity index (χ0n) is 11.4. The maximum Gasteiger partial charge on any atom is 0.251 e. The number of nitrogen functional groups attached to an aromatic ring is 1. The minimum atomic E-state index is -0.0485. The van der Waals surface area contributed by atoms with E-state index in [0.29, 0.717) is 17.3 Å². The highest BCUT2D eigenvalue weighted by Crippen LogP contribution is 2.22. The Hall–Kier alpha value is -1.62. The summed E-state index contributed by atoms with van der Waals surface area (Å²) in [5.41, 5.74) is 3.86. The number of amides is 1. The second-order valence-electron chi connectivity index (χ2n) is 5.24. The number of carbonyl (C=O) groups excluding carboxylic acids is 1. The fourth-order valence-corrected chi connectivity index (χ4v) is 2.60. The molecule has 1 amide bonds. The van der Waals surface area contributed by atoms with Crippen LogP contribution in [0.5, 0.6) is 0 Å². The molecule has 104 valence electrons. The summed E-state index contributed by atoms with van der Waals surface area (Å²) in [4.78, 5) is 16.3. The van der Waals surface area contributed by atoms with Crippen molar-refractivity contribution in [3.63, 3.8) is 0 Å². The molecule has 0 radical (unpaired) electrons. The van der Waals surface area contributed by atoms with Gasteiger partial charge in [-0.1, -0.05) is 19.3 Å². The van der Waals surface area contributed by atoms with Crippen LogP contribution in [-0.2, 0) is 0 Å². The molecule has 0 atom stereocenters. The number of anilines is 1. The van der Waals surface area contributed by atoms with Crippen LogP contribution < -0.4 is 16.6 Å². The first-order chi connectivity index (χ1) is 9.19. The lowest BCUT2D eigenvalue weighted by atomic mass is 9.89. The van der Waals surface area contributed by atoms with E-state index >= 15 is 0 Å².